The second-order valence-corrected chi connectivity index (χ2v) is 6.02. The van der Waals surface area contributed by atoms with Crippen molar-refractivity contribution in [3.63, 3.8) is 0 Å². The summed E-state index contributed by atoms with van der Waals surface area (Å²) in [5, 5.41) is 12.5. The fourth-order valence-electron chi connectivity index (χ4n) is 2.14. The van der Waals surface area contributed by atoms with Crippen LogP contribution < -0.4 is 5.32 Å². The molecule has 0 saturated carbocycles. The molecule has 1 rings (SSSR count). The van der Waals surface area contributed by atoms with Gasteiger partial charge in [0.1, 0.15) is 5.82 Å². The van der Waals surface area contributed by atoms with Crippen LogP contribution in [0.2, 0.25) is 0 Å². The molecule has 0 bridgehead atoms. The topological polar surface area (TPSA) is 52.6 Å². The van der Waals surface area contributed by atoms with Crippen LogP contribution in [-0.4, -0.2) is 40.6 Å². The van der Waals surface area contributed by atoms with Crippen molar-refractivity contribution < 1.29 is 14.3 Å². The number of aryl methyl sites for hydroxylation is 1. The lowest BCUT2D eigenvalue weighted by Gasteiger charge is -2.32. The van der Waals surface area contributed by atoms with Crippen LogP contribution in [0.25, 0.3) is 0 Å². The third-order valence-electron chi connectivity index (χ3n) is 3.31. The summed E-state index contributed by atoms with van der Waals surface area (Å²) in [7, 11) is 0. The van der Waals surface area contributed by atoms with Gasteiger partial charge in [0.25, 0.3) is 0 Å². The second-order valence-electron chi connectivity index (χ2n) is 6.02. The largest absolute Gasteiger partial charge is 0.389 e. The first-order chi connectivity index (χ1) is 9.64. The molecule has 21 heavy (non-hydrogen) atoms. The number of hydrogen-bond acceptors (Lipinski definition) is 3. The summed E-state index contributed by atoms with van der Waals surface area (Å²) in [5.41, 5.74) is 0.0900. The SMILES string of the molecule is CCN(CC(C)(C)O)C(C)C(=O)Nc1ccc(C)cc1F. The average Bonchev–Trinajstić information content (AvgIpc) is 2.37. The predicted octanol–water partition coefficient (Wildman–Crippen LogP) is 2.55. The number of likely N-dealkylation sites (N-methyl/N-ethyl adjacent to an activating group) is 1. The molecule has 0 aromatic heterocycles. The first-order valence-electron chi connectivity index (χ1n) is 7.17. The Morgan fingerprint density at radius 1 is 1.48 bits per heavy atom. The van der Waals surface area contributed by atoms with Crippen molar-refractivity contribution >= 4 is 11.6 Å². The maximum absolute atomic E-state index is 13.8. The molecule has 1 aromatic rings. The zero-order valence-electron chi connectivity index (χ0n) is 13.4. The Balaban J connectivity index is 2.77. The van der Waals surface area contributed by atoms with Gasteiger partial charge in [-0.1, -0.05) is 13.0 Å². The van der Waals surface area contributed by atoms with E-state index in [1.807, 2.05) is 11.8 Å². The van der Waals surface area contributed by atoms with E-state index in [-0.39, 0.29) is 11.6 Å². The molecular weight excluding hydrogens is 271 g/mol. The van der Waals surface area contributed by atoms with Crippen molar-refractivity contribution in [3.8, 4) is 0 Å². The summed E-state index contributed by atoms with van der Waals surface area (Å²) < 4.78 is 13.8. The Labute approximate surface area is 126 Å². The van der Waals surface area contributed by atoms with Crippen LogP contribution in [-0.2, 0) is 4.79 Å². The molecule has 1 amide bonds. The number of halogens is 1. The summed E-state index contributed by atoms with van der Waals surface area (Å²) in [6.07, 6.45) is 0. The number of amides is 1. The van der Waals surface area contributed by atoms with Gasteiger partial charge < -0.3 is 10.4 Å². The molecule has 5 heteroatoms. The molecule has 0 saturated heterocycles. The van der Waals surface area contributed by atoms with Crippen LogP contribution in [0.5, 0.6) is 0 Å². The Bertz CT molecular complexity index is 498. The van der Waals surface area contributed by atoms with E-state index in [0.717, 1.165) is 5.56 Å². The molecule has 0 aliphatic rings. The molecule has 1 aromatic carbocycles. The molecule has 118 valence electrons. The maximum Gasteiger partial charge on any atom is 0.241 e. The average molecular weight is 296 g/mol. The second kappa shape index (κ2) is 7.00. The van der Waals surface area contributed by atoms with Gasteiger partial charge in [0, 0.05) is 6.54 Å². The number of anilines is 1. The van der Waals surface area contributed by atoms with Crippen LogP contribution in [0.3, 0.4) is 0 Å². The fraction of sp³-hybridized carbons (Fsp3) is 0.562. The normalized spacial score (nSPS) is 13.3. The van der Waals surface area contributed by atoms with Crippen molar-refractivity contribution in [1.29, 1.82) is 0 Å². The Kier molecular flexibility index (Phi) is 5.87. The lowest BCUT2D eigenvalue weighted by atomic mass is 10.1. The number of carbonyl (C=O) groups excluding carboxylic acids is 1. The van der Waals surface area contributed by atoms with Crippen molar-refractivity contribution in [3.05, 3.63) is 29.6 Å². The Hall–Kier alpha value is -1.46. The number of hydrogen-bond donors (Lipinski definition) is 2. The molecule has 0 aliphatic carbocycles. The monoisotopic (exact) mass is 296 g/mol. The summed E-state index contributed by atoms with van der Waals surface area (Å²) >= 11 is 0. The van der Waals surface area contributed by atoms with Crippen molar-refractivity contribution in [2.75, 3.05) is 18.4 Å². The quantitative estimate of drug-likeness (QED) is 0.848. The smallest absolute Gasteiger partial charge is 0.241 e. The first-order valence-corrected chi connectivity index (χ1v) is 7.17. The van der Waals surface area contributed by atoms with E-state index in [4.69, 9.17) is 0 Å². The molecule has 1 unspecified atom stereocenters. The number of benzene rings is 1. The molecule has 0 aliphatic heterocycles. The highest BCUT2D eigenvalue weighted by molar-refractivity contribution is 5.94. The number of rotatable bonds is 6. The first kappa shape index (κ1) is 17.6. The number of nitrogens with one attached hydrogen (secondary N) is 1. The maximum atomic E-state index is 13.8. The number of nitrogens with zero attached hydrogens (tertiary/aromatic N) is 1. The highest BCUT2D eigenvalue weighted by Crippen LogP contribution is 2.16. The van der Waals surface area contributed by atoms with Crippen LogP contribution >= 0.6 is 0 Å². The summed E-state index contributed by atoms with van der Waals surface area (Å²) in [6.45, 7) is 9.83. The molecular formula is C16H25FN2O2. The zero-order chi connectivity index (χ0) is 16.2. The molecule has 0 radical (unpaired) electrons. The van der Waals surface area contributed by atoms with E-state index in [1.165, 1.54) is 6.07 Å². The molecule has 1 atom stereocenters. The Morgan fingerprint density at radius 3 is 2.57 bits per heavy atom. The standard InChI is InChI=1S/C16H25FN2O2/c1-6-19(10-16(4,5)21)12(3)15(20)18-14-8-7-11(2)9-13(14)17/h7-9,12,21H,6,10H2,1-5H3,(H,18,20). The van der Waals surface area contributed by atoms with E-state index >= 15 is 0 Å². The van der Waals surface area contributed by atoms with Crippen molar-refractivity contribution in [2.45, 2.75) is 46.3 Å². The third kappa shape index (κ3) is 5.44. The van der Waals surface area contributed by atoms with Crippen LogP contribution in [0.15, 0.2) is 18.2 Å². The van der Waals surface area contributed by atoms with Gasteiger partial charge in [-0.05, 0) is 51.9 Å². The van der Waals surface area contributed by atoms with Gasteiger partial charge in [-0.25, -0.2) is 4.39 Å². The molecule has 0 heterocycles. The number of carbonyl (C=O) groups is 1. The van der Waals surface area contributed by atoms with Gasteiger partial charge in [0.2, 0.25) is 5.91 Å². The van der Waals surface area contributed by atoms with Crippen LogP contribution in [0.4, 0.5) is 10.1 Å². The molecule has 2 N–H and O–H groups in total. The molecule has 0 fully saturated rings. The minimum absolute atomic E-state index is 0.178. The minimum atomic E-state index is -0.889. The van der Waals surface area contributed by atoms with Gasteiger partial charge in [-0.2, -0.15) is 0 Å². The lowest BCUT2D eigenvalue weighted by molar-refractivity contribution is -0.121. The zero-order valence-corrected chi connectivity index (χ0v) is 13.4. The third-order valence-corrected chi connectivity index (χ3v) is 3.31. The van der Waals surface area contributed by atoms with Gasteiger partial charge in [-0.15, -0.1) is 0 Å². The van der Waals surface area contributed by atoms with E-state index < -0.39 is 17.5 Å². The summed E-state index contributed by atoms with van der Waals surface area (Å²) in [5.74, 6) is -0.732. The van der Waals surface area contributed by atoms with Gasteiger partial charge in [-0.3, -0.25) is 9.69 Å². The van der Waals surface area contributed by atoms with E-state index in [1.54, 1.807) is 39.8 Å². The highest BCUT2D eigenvalue weighted by atomic mass is 19.1. The van der Waals surface area contributed by atoms with E-state index in [2.05, 4.69) is 5.32 Å². The van der Waals surface area contributed by atoms with Crippen LogP contribution in [0, 0.1) is 12.7 Å². The van der Waals surface area contributed by atoms with Gasteiger partial charge in [0.15, 0.2) is 0 Å². The van der Waals surface area contributed by atoms with Crippen LogP contribution in [0.1, 0.15) is 33.3 Å². The van der Waals surface area contributed by atoms with E-state index in [9.17, 15) is 14.3 Å². The molecule has 0 spiro atoms. The predicted molar refractivity (Wildman–Crippen MR) is 82.8 cm³/mol. The van der Waals surface area contributed by atoms with Crippen molar-refractivity contribution in [2.24, 2.45) is 0 Å². The minimum Gasteiger partial charge on any atom is -0.389 e. The Morgan fingerprint density at radius 2 is 2.10 bits per heavy atom. The summed E-state index contributed by atoms with van der Waals surface area (Å²) in [4.78, 5) is 14.1. The highest BCUT2D eigenvalue weighted by Gasteiger charge is 2.25. The lowest BCUT2D eigenvalue weighted by Crippen LogP contribution is -2.48. The number of aliphatic hydroxyl groups is 1. The van der Waals surface area contributed by atoms with Gasteiger partial charge in [0.05, 0.1) is 17.3 Å². The van der Waals surface area contributed by atoms with E-state index in [0.29, 0.717) is 13.1 Å². The molecule has 4 nitrogen and oxygen atoms in total. The fourth-order valence-corrected chi connectivity index (χ4v) is 2.14. The van der Waals surface area contributed by atoms with Gasteiger partial charge >= 0.3 is 0 Å². The van der Waals surface area contributed by atoms with Crippen molar-refractivity contribution in [1.82, 2.24) is 4.90 Å². The summed E-state index contributed by atoms with van der Waals surface area (Å²) in [6, 6.07) is 4.23.